The molecule has 2 rings (SSSR count). The molecule has 1 unspecified atom stereocenters. The first kappa shape index (κ1) is 12.4. The van der Waals surface area contributed by atoms with E-state index in [9.17, 15) is 8.42 Å². The van der Waals surface area contributed by atoms with Crippen molar-refractivity contribution in [2.45, 2.75) is 25.2 Å². The lowest BCUT2D eigenvalue weighted by Crippen LogP contribution is -2.12. The lowest BCUT2D eigenvalue weighted by molar-refractivity contribution is 0.573. The SMILES string of the molecule is CC1(C)CC1CNc1ccc(S(N)(=O)=O)cc1. The van der Waals surface area contributed by atoms with E-state index < -0.39 is 10.0 Å². The molecule has 1 aliphatic rings. The molecule has 1 aromatic carbocycles. The van der Waals surface area contributed by atoms with E-state index in [-0.39, 0.29) is 4.90 Å². The molecule has 5 heteroatoms. The summed E-state index contributed by atoms with van der Waals surface area (Å²) in [4.78, 5) is 0.148. The maximum Gasteiger partial charge on any atom is 0.238 e. The molecule has 0 bridgehead atoms. The van der Waals surface area contributed by atoms with Gasteiger partial charge in [-0.1, -0.05) is 13.8 Å². The topological polar surface area (TPSA) is 72.2 Å². The van der Waals surface area contributed by atoms with Crippen LogP contribution in [0.3, 0.4) is 0 Å². The average Bonchev–Trinajstić information content (AvgIpc) is 2.83. The highest BCUT2D eigenvalue weighted by molar-refractivity contribution is 7.89. The highest BCUT2D eigenvalue weighted by Gasteiger charge is 2.44. The Bertz CT molecular complexity index is 506. The number of sulfonamides is 1. The number of rotatable bonds is 4. The largest absolute Gasteiger partial charge is 0.385 e. The minimum Gasteiger partial charge on any atom is -0.385 e. The number of hydrogen-bond donors (Lipinski definition) is 2. The number of nitrogens with two attached hydrogens (primary N) is 1. The Balaban J connectivity index is 1.95. The van der Waals surface area contributed by atoms with E-state index >= 15 is 0 Å². The lowest BCUT2D eigenvalue weighted by Gasteiger charge is -2.08. The Kier molecular flexibility index (Phi) is 2.91. The van der Waals surface area contributed by atoms with Crippen molar-refractivity contribution >= 4 is 15.7 Å². The van der Waals surface area contributed by atoms with Gasteiger partial charge in [0.15, 0.2) is 0 Å². The molecule has 1 fully saturated rings. The summed E-state index contributed by atoms with van der Waals surface area (Å²) in [5.74, 6) is 0.709. The Morgan fingerprint density at radius 2 is 1.88 bits per heavy atom. The summed E-state index contributed by atoms with van der Waals surface area (Å²) in [7, 11) is -3.58. The van der Waals surface area contributed by atoms with Gasteiger partial charge in [-0.05, 0) is 42.0 Å². The van der Waals surface area contributed by atoms with Crippen LogP contribution in [0.4, 0.5) is 5.69 Å². The summed E-state index contributed by atoms with van der Waals surface area (Å²) in [5, 5.41) is 8.33. The number of benzene rings is 1. The number of hydrogen-bond acceptors (Lipinski definition) is 3. The standard InChI is InChI=1S/C12H18N2O2S/c1-12(2)7-9(12)8-14-10-3-5-11(6-4-10)17(13,15)16/h3-6,9,14H,7-8H2,1-2H3,(H2,13,15,16). The van der Waals surface area contributed by atoms with Crippen LogP contribution in [0.15, 0.2) is 29.2 Å². The van der Waals surface area contributed by atoms with Gasteiger partial charge in [-0.25, -0.2) is 13.6 Å². The number of nitrogens with one attached hydrogen (secondary N) is 1. The fourth-order valence-corrected chi connectivity index (χ4v) is 2.44. The zero-order valence-electron chi connectivity index (χ0n) is 10.1. The molecule has 1 aliphatic carbocycles. The molecule has 0 aliphatic heterocycles. The molecule has 0 amide bonds. The van der Waals surface area contributed by atoms with E-state index in [2.05, 4.69) is 19.2 Å². The molecule has 0 radical (unpaired) electrons. The van der Waals surface area contributed by atoms with Gasteiger partial charge in [0, 0.05) is 12.2 Å². The van der Waals surface area contributed by atoms with E-state index in [0.717, 1.165) is 12.2 Å². The fourth-order valence-electron chi connectivity index (χ4n) is 1.93. The minimum atomic E-state index is -3.58. The van der Waals surface area contributed by atoms with Gasteiger partial charge in [0.1, 0.15) is 0 Å². The third kappa shape index (κ3) is 2.98. The van der Waals surface area contributed by atoms with E-state index in [4.69, 9.17) is 5.14 Å². The van der Waals surface area contributed by atoms with Crippen LogP contribution in [-0.2, 0) is 10.0 Å². The van der Waals surface area contributed by atoms with Crippen LogP contribution in [0, 0.1) is 11.3 Å². The Morgan fingerprint density at radius 1 is 1.35 bits per heavy atom. The average molecular weight is 254 g/mol. The zero-order valence-corrected chi connectivity index (χ0v) is 10.9. The summed E-state index contributed by atoms with van der Waals surface area (Å²) >= 11 is 0. The lowest BCUT2D eigenvalue weighted by atomic mass is 10.1. The van der Waals surface area contributed by atoms with Gasteiger partial charge in [-0.3, -0.25) is 0 Å². The second-order valence-corrected chi connectivity index (χ2v) is 6.90. The first-order chi connectivity index (χ1) is 7.79. The molecular weight excluding hydrogens is 236 g/mol. The smallest absolute Gasteiger partial charge is 0.238 e. The van der Waals surface area contributed by atoms with E-state index in [1.54, 1.807) is 12.1 Å². The molecule has 0 saturated heterocycles. The number of primary sulfonamides is 1. The van der Waals surface area contributed by atoms with Gasteiger partial charge in [0.05, 0.1) is 4.90 Å². The van der Waals surface area contributed by atoms with Crippen molar-refractivity contribution < 1.29 is 8.42 Å². The molecule has 0 aromatic heterocycles. The van der Waals surface area contributed by atoms with Crippen molar-refractivity contribution in [2.24, 2.45) is 16.5 Å². The molecule has 3 N–H and O–H groups in total. The third-order valence-electron chi connectivity index (χ3n) is 3.45. The summed E-state index contributed by atoms with van der Waals surface area (Å²) in [6, 6.07) is 6.54. The predicted molar refractivity (Wildman–Crippen MR) is 68.2 cm³/mol. The van der Waals surface area contributed by atoms with Crippen LogP contribution in [0.25, 0.3) is 0 Å². The van der Waals surface area contributed by atoms with E-state index in [1.165, 1.54) is 18.6 Å². The van der Waals surface area contributed by atoms with Gasteiger partial charge in [0.25, 0.3) is 0 Å². The number of anilines is 1. The van der Waals surface area contributed by atoms with Crippen molar-refractivity contribution in [1.82, 2.24) is 0 Å². The van der Waals surface area contributed by atoms with Gasteiger partial charge in [-0.15, -0.1) is 0 Å². The fraction of sp³-hybridized carbons (Fsp3) is 0.500. The first-order valence-corrected chi connectivity index (χ1v) is 7.20. The van der Waals surface area contributed by atoms with Gasteiger partial charge in [0.2, 0.25) is 10.0 Å². The summed E-state index contributed by atoms with van der Waals surface area (Å²) < 4.78 is 22.1. The monoisotopic (exact) mass is 254 g/mol. The Morgan fingerprint density at radius 3 is 2.29 bits per heavy atom. The van der Waals surface area contributed by atoms with Gasteiger partial charge < -0.3 is 5.32 Å². The van der Waals surface area contributed by atoms with Crippen LogP contribution in [-0.4, -0.2) is 15.0 Å². The van der Waals surface area contributed by atoms with Crippen molar-refractivity contribution in [3.05, 3.63) is 24.3 Å². The molecule has 0 heterocycles. The zero-order chi connectivity index (χ0) is 12.7. The Labute approximate surface area is 102 Å². The van der Waals surface area contributed by atoms with Gasteiger partial charge >= 0.3 is 0 Å². The van der Waals surface area contributed by atoms with Crippen LogP contribution in [0.5, 0.6) is 0 Å². The molecular formula is C12H18N2O2S. The second-order valence-electron chi connectivity index (χ2n) is 5.34. The van der Waals surface area contributed by atoms with Crippen molar-refractivity contribution in [3.63, 3.8) is 0 Å². The normalized spacial score (nSPS) is 22.2. The van der Waals surface area contributed by atoms with E-state index in [1.807, 2.05) is 0 Å². The quantitative estimate of drug-likeness (QED) is 0.860. The highest BCUT2D eigenvalue weighted by atomic mass is 32.2. The van der Waals surface area contributed by atoms with Gasteiger partial charge in [-0.2, -0.15) is 0 Å². The molecule has 4 nitrogen and oxygen atoms in total. The van der Waals surface area contributed by atoms with Crippen molar-refractivity contribution in [2.75, 3.05) is 11.9 Å². The maximum atomic E-state index is 11.1. The molecule has 1 saturated carbocycles. The van der Waals surface area contributed by atoms with Crippen molar-refractivity contribution in [3.8, 4) is 0 Å². The third-order valence-corrected chi connectivity index (χ3v) is 4.38. The molecule has 1 aromatic rings. The van der Waals surface area contributed by atoms with Crippen molar-refractivity contribution in [1.29, 1.82) is 0 Å². The summed E-state index contributed by atoms with van der Waals surface area (Å²) in [6.45, 7) is 5.44. The van der Waals surface area contributed by atoms with Crippen LogP contribution >= 0.6 is 0 Å². The summed E-state index contributed by atoms with van der Waals surface area (Å²) in [6.07, 6.45) is 1.25. The minimum absolute atomic E-state index is 0.148. The molecule has 17 heavy (non-hydrogen) atoms. The second kappa shape index (κ2) is 3.99. The molecule has 94 valence electrons. The van der Waals surface area contributed by atoms with Crippen LogP contribution in [0.1, 0.15) is 20.3 Å². The van der Waals surface area contributed by atoms with Crippen LogP contribution < -0.4 is 10.5 Å². The maximum absolute atomic E-state index is 11.1. The van der Waals surface area contributed by atoms with E-state index in [0.29, 0.717) is 11.3 Å². The Hall–Kier alpha value is -1.07. The predicted octanol–water partition coefficient (Wildman–Crippen LogP) is 1.79. The molecule has 0 spiro atoms. The molecule has 1 atom stereocenters. The highest BCUT2D eigenvalue weighted by Crippen LogP contribution is 2.51. The van der Waals surface area contributed by atoms with Crippen LogP contribution in [0.2, 0.25) is 0 Å². The summed E-state index contributed by atoms with van der Waals surface area (Å²) in [5.41, 5.74) is 1.38. The first-order valence-electron chi connectivity index (χ1n) is 5.66.